The van der Waals surface area contributed by atoms with E-state index in [1.807, 2.05) is 28.8 Å². The van der Waals surface area contributed by atoms with Crippen LogP contribution in [0.3, 0.4) is 0 Å². The zero-order valence-electron chi connectivity index (χ0n) is 20.3. The van der Waals surface area contributed by atoms with Gasteiger partial charge in [-0.15, -0.1) is 13.2 Å². The SMILES string of the molecule is CN=S(=O)(NC1=COCC[C@@H](n2c3ccc(Cl)cc3c3cc(Cl)ccc32)[C@H]1O)c1ccc(OC(F)(F)F)cc1. The van der Waals surface area contributed by atoms with Crippen LogP contribution in [0, 0.1) is 0 Å². The molecule has 0 amide bonds. The van der Waals surface area contributed by atoms with Crippen molar-refractivity contribution < 1.29 is 32.0 Å². The number of aromatic nitrogens is 1. The van der Waals surface area contributed by atoms with Crippen molar-refractivity contribution in [2.45, 2.75) is 29.8 Å². The van der Waals surface area contributed by atoms with Gasteiger partial charge in [-0.05, 0) is 60.7 Å². The molecule has 3 aromatic carbocycles. The van der Waals surface area contributed by atoms with Crippen molar-refractivity contribution in [1.29, 1.82) is 0 Å². The number of halogens is 5. The summed E-state index contributed by atoms with van der Waals surface area (Å²) in [6, 6.07) is 14.8. The molecule has 13 heteroatoms. The molecule has 206 valence electrons. The smallest absolute Gasteiger partial charge is 0.499 e. The number of aliphatic hydroxyl groups excluding tert-OH is 1. The zero-order valence-corrected chi connectivity index (χ0v) is 22.6. The van der Waals surface area contributed by atoms with Gasteiger partial charge in [0.05, 0.1) is 23.2 Å². The van der Waals surface area contributed by atoms with Gasteiger partial charge in [-0.3, -0.25) is 4.72 Å². The van der Waals surface area contributed by atoms with Crippen LogP contribution in [-0.4, -0.2) is 40.0 Å². The van der Waals surface area contributed by atoms with Gasteiger partial charge >= 0.3 is 6.36 Å². The van der Waals surface area contributed by atoms with Gasteiger partial charge in [-0.2, -0.15) is 0 Å². The largest absolute Gasteiger partial charge is 0.573 e. The van der Waals surface area contributed by atoms with Crippen molar-refractivity contribution in [1.82, 2.24) is 9.29 Å². The molecule has 0 aliphatic carbocycles. The Labute approximate surface area is 232 Å². The number of nitrogens with zero attached hydrogens (tertiary/aromatic N) is 2. The Kier molecular flexibility index (Phi) is 7.36. The minimum absolute atomic E-state index is 0.0922. The van der Waals surface area contributed by atoms with E-state index < -0.39 is 34.2 Å². The highest BCUT2D eigenvalue weighted by atomic mass is 35.5. The number of rotatable bonds is 5. The number of benzene rings is 3. The zero-order chi connectivity index (χ0) is 27.9. The van der Waals surface area contributed by atoms with Gasteiger partial charge < -0.3 is 19.1 Å². The van der Waals surface area contributed by atoms with Crippen LogP contribution in [0.2, 0.25) is 10.0 Å². The second-order valence-electron chi connectivity index (χ2n) is 8.77. The van der Waals surface area contributed by atoms with Crippen LogP contribution in [0.25, 0.3) is 21.8 Å². The van der Waals surface area contributed by atoms with E-state index in [1.54, 1.807) is 12.1 Å². The van der Waals surface area contributed by atoms with Crippen molar-refractivity contribution >= 4 is 54.9 Å². The van der Waals surface area contributed by atoms with Crippen LogP contribution < -0.4 is 9.46 Å². The lowest BCUT2D eigenvalue weighted by Crippen LogP contribution is -2.34. The highest BCUT2D eigenvalue weighted by Gasteiger charge is 2.33. The first-order chi connectivity index (χ1) is 18.5. The quantitative estimate of drug-likeness (QED) is 0.263. The molecule has 0 spiro atoms. The van der Waals surface area contributed by atoms with Gasteiger partial charge in [0, 0.05) is 45.3 Å². The molecule has 1 aliphatic heterocycles. The Hall–Kier alpha value is -3.12. The Morgan fingerprint density at radius 3 is 2.18 bits per heavy atom. The molecule has 0 fully saturated rings. The third-order valence-corrected chi connectivity index (χ3v) is 8.78. The molecular weight excluding hydrogens is 578 g/mol. The molecule has 0 radical (unpaired) electrons. The fourth-order valence-corrected chi connectivity index (χ4v) is 6.44. The molecule has 1 aliphatic rings. The van der Waals surface area contributed by atoms with Crippen LogP contribution in [0.4, 0.5) is 13.2 Å². The van der Waals surface area contributed by atoms with Crippen molar-refractivity contribution in [3.8, 4) is 5.75 Å². The molecule has 7 nitrogen and oxygen atoms in total. The summed E-state index contributed by atoms with van der Waals surface area (Å²) in [5, 5.41) is 14.4. The van der Waals surface area contributed by atoms with Crippen LogP contribution >= 0.6 is 23.2 Å². The summed E-state index contributed by atoms with van der Waals surface area (Å²) in [6.45, 7) is 0.253. The van der Waals surface area contributed by atoms with Crippen LogP contribution in [0.1, 0.15) is 12.5 Å². The topological polar surface area (TPSA) is 85.1 Å². The second-order valence-corrected chi connectivity index (χ2v) is 11.7. The molecule has 0 bridgehead atoms. The maximum atomic E-state index is 13.8. The van der Waals surface area contributed by atoms with Gasteiger partial charge in [-0.25, -0.2) is 8.57 Å². The van der Waals surface area contributed by atoms with E-state index in [1.165, 1.54) is 25.4 Å². The van der Waals surface area contributed by atoms with Crippen LogP contribution in [0.15, 0.2) is 81.9 Å². The molecule has 0 saturated heterocycles. The predicted octanol–water partition coefficient (Wildman–Crippen LogP) is 6.83. The van der Waals surface area contributed by atoms with Gasteiger partial charge in [0.1, 0.15) is 18.1 Å². The Balaban J connectivity index is 1.52. The lowest BCUT2D eigenvalue weighted by atomic mass is 10.1. The number of fused-ring (bicyclic) bond motifs is 3. The molecule has 39 heavy (non-hydrogen) atoms. The Morgan fingerprint density at radius 1 is 1.05 bits per heavy atom. The summed E-state index contributed by atoms with van der Waals surface area (Å²) in [7, 11) is -2.11. The van der Waals surface area contributed by atoms with E-state index in [0.717, 1.165) is 33.9 Å². The minimum Gasteiger partial charge on any atom is -0.499 e. The summed E-state index contributed by atoms with van der Waals surface area (Å²) < 4.78 is 69.7. The third-order valence-electron chi connectivity index (χ3n) is 6.37. The molecular formula is C26H22Cl2F3N3O4S. The summed E-state index contributed by atoms with van der Waals surface area (Å²) in [5.74, 6) is -0.465. The highest BCUT2D eigenvalue weighted by Crippen LogP contribution is 2.38. The van der Waals surface area contributed by atoms with E-state index in [2.05, 4.69) is 13.8 Å². The maximum Gasteiger partial charge on any atom is 0.573 e. The van der Waals surface area contributed by atoms with Crippen molar-refractivity contribution in [2.75, 3.05) is 13.7 Å². The van der Waals surface area contributed by atoms with Crippen molar-refractivity contribution in [3.05, 3.63) is 82.7 Å². The number of aliphatic hydroxyl groups is 1. The third kappa shape index (κ3) is 5.49. The molecule has 1 unspecified atom stereocenters. The Morgan fingerprint density at radius 2 is 1.64 bits per heavy atom. The maximum absolute atomic E-state index is 13.8. The van der Waals surface area contributed by atoms with Crippen LogP contribution in [0.5, 0.6) is 5.75 Å². The summed E-state index contributed by atoms with van der Waals surface area (Å²) >= 11 is 12.6. The van der Waals surface area contributed by atoms with Crippen LogP contribution in [-0.2, 0) is 14.7 Å². The molecule has 2 heterocycles. The highest BCUT2D eigenvalue weighted by molar-refractivity contribution is 7.91. The lowest BCUT2D eigenvalue weighted by molar-refractivity contribution is -0.274. The van der Waals surface area contributed by atoms with E-state index >= 15 is 0 Å². The normalized spacial score (nSPS) is 19.6. The standard InChI is InChI=1S/C26H22Cl2F3N3O4S/c1-32-39(36,18-6-4-17(5-7-18)38-26(29,30)31)33-21-14-37-11-10-24(25(21)35)34-22-8-2-15(27)12-19(22)20-13-16(28)3-9-23(20)34/h2-9,12-14,24-25,35H,10-11H2,1H3,(H,32,33,36)/t24-,25+,39?/m1/s1. The number of alkyl halides is 3. The molecule has 0 saturated carbocycles. The van der Waals surface area contributed by atoms with Gasteiger partial charge in [0.15, 0.2) is 9.92 Å². The number of hydrogen-bond donors (Lipinski definition) is 2. The minimum atomic E-state index is -4.86. The van der Waals surface area contributed by atoms with Crippen molar-refractivity contribution in [3.63, 3.8) is 0 Å². The number of hydrogen-bond acceptors (Lipinski definition) is 5. The molecule has 1 aromatic heterocycles. The summed E-state index contributed by atoms with van der Waals surface area (Å²) in [6.07, 6.45) is -4.38. The first-order valence-corrected chi connectivity index (χ1v) is 13.9. The molecule has 3 atom stereocenters. The van der Waals surface area contributed by atoms with Gasteiger partial charge in [0.2, 0.25) is 0 Å². The fourth-order valence-electron chi connectivity index (χ4n) is 4.68. The second kappa shape index (κ2) is 10.5. The van der Waals surface area contributed by atoms with Gasteiger partial charge in [0.25, 0.3) is 0 Å². The van der Waals surface area contributed by atoms with E-state index in [4.69, 9.17) is 27.9 Å². The molecule has 5 rings (SSSR count). The van der Waals surface area contributed by atoms with Crippen molar-refractivity contribution in [2.24, 2.45) is 4.36 Å². The van der Waals surface area contributed by atoms with E-state index in [0.29, 0.717) is 16.5 Å². The van der Waals surface area contributed by atoms with E-state index in [9.17, 15) is 22.5 Å². The predicted molar refractivity (Wildman–Crippen MR) is 144 cm³/mol. The number of ether oxygens (including phenoxy) is 2. The number of nitrogens with one attached hydrogen (secondary N) is 1. The lowest BCUT2D eigenvalue weighted by Gasteiger charge is -2.27. The molecule has 2 N–H and O–H groups in total. The first-order valence-electron chi connectivity index (χ1n) is 11.7. The summed E-state index contributed by atoms with van der Waals surface area (Å²) in [4.78, 5) is 0.0922. The monoisotopic (exact) mass is 599 g/mol. The fraction of sp³-hybridized carbons (Fsp3) is 0.231. The molecule has 4 aromatic rings. The van der Waals surface area contributed by atoms with E-state index in [-0.39, 0.29) is 17.2 Å². The van der Waals surface area contributed by atoms with Gasteiger partial charge in [-0.1, -0.05) is 23.2 Å². The average molecular weight is 600 g/mol. The first kappa shape index (κ1) is 27.4. The average Bonchev–Trinajstić information content (AvgIpc) is 3.08. The Bertz CT molecular complexity index is 1640. The summed E-state index contributed by atoms with van der Waals surface area (Å²) in [5.41, 5.74) is 1.72.